The summed E-state index contributed by atoms with van der Waals surface area (Å²) in [7, 11) is -0.958. The summed E-state index contributed by atoms with van der Waals surface area (Å²) in [4.78, 5) is 4.72. The summed E-state index contributed by atoms with van der Waals surface area (Å²) in [6, 6.07) is 13.4. The lowest BCUT2D eigenvalue weighted by Crippen LogP contribution is -2.32. The van der Waals surface area contributed by atoms with Crippen LogP contribution in [0.4, 0.5) is 5.69 Å². The van der Waals surface area contributed by atoms with Crippen molar-refractivity contribution in [3.05, 3.63) is 87.6 Å². The smallest absolute Gasteiger partial charge is 0.213 e. The number of fused-ring (bicyclic) bond motifs is 1. The van der Waals surface area contributed by atoms with Crippen molar-refractivity contribution in [2.45, 2.75) is 69.7 Å². The van der Waals surface area contributed by atoms with Gasteiger partial charge < -0.3 is 4.90 Å². The van der Waals surface area contributed by atoms with E-state index in [9.17, 15) is 4.21 Å². The molecule has 0 amide bonds. The minimum Gasteiger partial charge on any atom is -0.335 e. The van der Waals surface area contributed by atoms with Crippen molar-refractivity contribution in [3.63, 3.8) is 0 Å². The summed E-state index contributed by atoms with van der Waals surface area (Å²) in [5.74, 6) is 0. The molecule has 2 aliphatic heterocycles. The van der Waals surface area contributed by atoms with Gasteiger partial charge in [-0.3, -0.25) is 4.21 Å². The van der Waals surface area contributed by atoms with E-state index in [1.165, 1.54) is 54.4 Å². The maximum atomic E-state index is 12.3. The molecule has 6 rings (SSSR count). The van der Waals surface area contributed by atoms with Crippen molar-refractivity contribution in [2.75, 3.05) is 17.7 Å². The Bertz CT molecular complexity index is 1580. The molecule has 3 aromatic rings. The first-order valence-electron chi connectivity index (χ1n) is 13.7. The second kappa shape index (κ2) is 9.84. The highest BCUT2D eigenvalue weighted by Gasteiger charge is 2.32. The van der Waals surface area contributed by atoms with E-state index in [-0.39, 0.29) is 5.41 Å². The van der Waals surface area contributed by atoms with Gasteiger partial charge in [-0.25, -0.2) is 0 Å². The van der Waals surface area contributed by atoms with E-state index in [2.05, 4.69) is 98.0 Å². The monoisotopic (exact) mass is 541 g/mol. The summed E-state index contributed by atoms with van der Waals surface area (Å²) in [5, 5.41) is 2.64. The number of nitrogens with zero attached hydrogens (tertiary/aromatic N) is 2. The second-order valence-corrected chi connectivity index (χ2v) is 14.2. The molecule has 5 heteroatoms. The number of allylic oxidation sites excluding steroid dienone is 4. The Morgan fingerprint density at radius 3 is 2.76 bits per heavy atom. The van der Waals surface area contributed by atoms with E-state index in [4.69, 9.17) is 0 Å². The summed E-state index contributed by atoms with van der Waals surface area (Å²) < 4.78 is 14.6. The lowest BCUT2D eigenvalue weighted by molar-refractivity contribution is -0.667. The number of aromatic nitrogens is 1. The largest absolute Gasteiger partial charge is 0.335 e. The van der Waals surface area contributed by atoms with Gasteiger partial charge >= 0.3 is 0 Å². The predicted octanol–water partition coefficient (Wildman–Crippen LogP) is 7.72. The second-order valence-electron chi connectivity index (χ2n) is 11.8. The van der Waals surface area contributed by atoms with E-state index in [0.717, 1.165) is 43.7 Å². The summed E-state index contributed by atoms with van der Waals surface area (Å²) >= 11 is 1.85. The molecule has 0 saturated heterocycles. The Balaban J connectivity index is 1.40. The SMILES string of the molecule is CC[n+]1ccc(C=C2C=C(C=C3Sc4cc(S(C)=O)cc5c4N3CCC5)CC(C)(C)C2)c2cc(C)ccc21. The summed E-state index contributed by atoms with van der Waals surface area (Å²) in [5.41, 5.74) is 9.59. The van der Waals surface area contributed by atoms with Crippen molar-refractivity contribution in [2.24, 2.45) is 5.41 Å². The quantitative estimate of drug-likeness (QED) is 0.316. The van der Waals surface area contributed by atoms with Crippen LogP contribution in [0, 0.1) is 12.3 Å². The molecular weight excluding hydrogens is 505 g/mol. The minimum atomic E-state index is -0.958. The van der Waals surface area contributed by atoms with Gasteiger partial charge in [-0.05, 0) is 91.5 Å². The van der Waals surface area contributed by atoms with Crippen LogP contribution in [-0.2, 0) is 23.8 Å². The van der Waals surface area contributed by atoms with Crippen molar-refractivity contribution in [3.8, 4) is 0 Å². The maximum absolute atomic E-state index is 12.3. The van der Waals surface area contributed by atoms with Gasteiger partial charge in [0.1, 0.15) is 6.54 Å². The standard InChI is InChI=1S/C33H37N2OS2/c1-6-34-13-11-25(28-14-22(2)9-10-29(28)34)16-23-15-24(21-33(3,4)20-23)17-31-35-12-7-8-26-18-27(38(5)36)19-30(37-31)32(26)35/h9-11,13-19H,6-8,12,20-21H2,1-5H3/q+1. The normalized spacial score (nSPS) is 21.2. The van der Waals surface area contributed by atoms with Crippen LogP contribution in [-0.4, -0.2) is 17.0 Å². The molecule has 38 heavy (non-hydrogen) atoms. The maximum Gasteiger partial charge on any atom is 0.213 e. The van der Waals surface area contributed by atoms with E-state index < -0.39 is 10.8 Å². The molecule has 3 heterocycles. The number of aryl methyl sites for hydroxylation is 3. The lowest BCUT2D eigenvalue weighted by Gasteiger charge is -2.32. The van der Waals surface area contributed by atoms with Gasteiger partial charge in [0.25, 0.3) is 0 Å². The highest BCUT2D eigenvalue weighted by Crippen LogP contribution is 2.52. The zero-order chi connectivity index (χ0) is 26.6. The topological polar surface area (TPSA) is 24.2 Å². The van der Waals surface area contributed by atoms with Crippen molar-refractivity contribution >= 4 is 45.2 Å². The van der Waals surface area contributed by atoms with E-state index in [0.29, 0.717) is 0 Å². The molecular formula is C33H37N2OS2+. The molecule has 0 N–H and O–H groups in total. The first-order valence-corrected chi connectivity index (χ1v) is 16.1. The van der Waals surface area contributed by atoms with Gasteiger partial charge in [0, 0.05) is 45.5 Å². The highest BCUT2D eigenvalue weighted by molar-refractivity contribution is 8.03. The Kier molecular flexibility index (Phi) is 6.64. The highest BCUT2D eigenvalue weighted by atomic mass is 32.2. The summed E-state index contributed by atoms with van der Waals surface area (Å²) in [6.45, 7) is 11.2. The molecule has 1 aromatic heterocycles. The molecule has 2 aromatic carbocycles. The number of pyridine rings is 1. The molecule has 3 aliphatic rings. The van der Waals surface area contributed by atoms with Crippen LogP contribution in [0.15, 0.2) is 80.7 Å². The average Bonchev–Trinajstić information content (AvgIpc) is 3.21. The van der Waals surface area contributed by atoms with Crippen LogP contribution < -0.4 is 9.47 Å². The van der Waals surface area contributed by atoms with Crippen LogP contribution in [0.1, 0.15) is 56.7 Å². The van der Waals surface area contributed by atoms with Crippen LogP contribution >= 0.6 is 11.8 Å². The number of anilines is 1. The first-order chi connectivity index (χ1) is 18.2. The third-order valence-corrected chi connectivity index (χ3v) is 9.95. The molecule has 1 atom stereocenters. The van der Waals surface area contributed by atoms with Crippen LogP contribution in [0.2, 0.25) is 0 Å². The van der Waals surface area contributed by atoms with Crippen molar-refractivity contribution in [1.29, 1.82) is 0 Å². The predicted molar refractivity (Wildman–Crippen MR) is 162 cm³/mol. The number of hydrogen-bond acceptors (Lipinski definition) is 3. The van der Waals surface area contributed by atoms with Crippen LogP contribution in [0.3, 0.4) is 0 Å². The Morgan fingerprint density at radius 1 is 1.13 bits per heavy atom. The van der Waals surface area contributed by atoms with Gasteiger partial charge in [-0.2, -0.15) is 4.57 Å². The molecule has 0 fully saturated rings. The zero-order valence-corrected chi connectivity index (χ0v) is 24.8. The Labute approximate surface area is 233 Å². The molecule has 0 saturated carbocycles. The number of hydrogen-bond donors (Lipinski definition) is 0. The fourth-order valence-corrected chi connectivity index (χ4v) is 8.26. The average molecular weight is 542 g/mol. The van der Waals surface area contributed by atoms with E-state index >= 15 is 0 Å². The zero-order valence-electron chi connectivity index (χ0n) is 23.1. The number of rotatable bonds is 4. The number of thioether (sulfide) groups is 1. The van der Waals surface area contributed by atoms with E-state index in [1.807, 2.05) is 11.8 Å². The van der Waals surface area contributed by atoms with E-state index in [1.54, 1.807) is 6.26 Å². The van der Waals surface area contributed by atoms with Gasteiger partial charge in [0.05, 0.1) is 16.1 Å². The molecule has 0 radical (unpaired) electrons. The Morgan fingerprint density at radius 2 is 1.97 bits per heavy atom. The van der Waals surface area contributed by atoms with Gasteiger partial charge in [0.2, 0.25) is 5.52 Å². The fourth-order valence-electron chi connectivity index (χ4n) is 6.34. The number of benzene rings is 2. The molecule has 1 unspecified atom stereocenters. The molecule has 196 valence electrons. The third kappa shape index (κ3) is 4.80. The first kappa shape index (κ1) is 25.6. The fraction of sp³-hybridized carbons (Fsp3) is 0.364. The van der Waals surface area contributed by atoms with Gasteiger partial charge in [-0.1, -0.05) is 49.4 Å². The molecule has 0 spiro atoms. The van der Waals surface area contributed by atoms with Gasteiger partial charge in [0.15, 0.2) is 6.20 Å². The van der Waals surface area contributed by atoms with Crippen molar-refractivity contribution < 1.29 is 8.78 Å². The molecule has 0 bridgehead atoms. The van der Waals surface area contributed by atoms with Crippen molar-refractivity contribution in [1.82, 2.24) is 0 Å². The van der Waals surface area contributed by atoms with Crippen LogP contribution in [0.25, 0.3) is 17.0 Å². The lowest BCUT2D eigenvalue weighted by atomic mass is 9.75. The minimum absolute atomic E-state index is 0.201. The third-order valence-electron chi connectivity index (χ3n) is 7.97. The van der Waals surface area contributed by atoms with Gasteiger partial charge in [-0.15, -0.1) is 0 Å². The molecule has 1 aliphatic carbocycles. The van der Waals surface area contributed by atoms with Crippen LogP contribution in [0.5, 0.6) is 0 Å². The Hall–Kier alpha value is -2.63. The summed E-state index contributed by atoms with van der Waals surface area (Å²) in [6.07, 6.45) is 15.6. The molecule has 3 nitrogen and oxygen atoms in total.